The molecule has 19 heavy (non-hydrogen) atoms. The maximum absolute atomic E-state index is 12.6. The molecule has 100 valence electrons. The van der Waals surface area contributed by atoms with Crippen molar-refractivity contribution in [3.05, 3.63) is 30.0 Å². The summed E-state index contributed by atoms with van der Waals surface area (Å²) >= 11 is 0. The molecule has 1 aliphatic heterocycles. The molecule has 2 unspecified atom stereocenters. The van der Waals surface area contributed by atoms with Crippen molar-refractivity contribution in [1.82, 2.24) is 15.1 Å². The lowest BCUT2D eigenvalue weighted by Crippen LogP contribution is -2.34. The van der Waals surface area contributed by atoms with Crippen LogP contribution in [0.15, 0.2) is 24.3 Å². The molecule has 1 aromatic heterocycles. The molecule has 0 spiro atoms. The van der Waals surface area contributed by atoms with Crippen molar-refractivity contribution in [2.24, 2.45) is 11.7 Å². The number of nitrogens with zero attached hydrogens (tertiary/aromatic N) is 2. The Hall–Kier alpha value is -1.88. The van der Waals surface area contributed by atoms with Gasteiger partial charge in [0, 0.05) is 18.0 Å². The average Bonchev–Trinajstić information content (AvgIpc) is 3.01. The minimum absolute atomic E-state index is 0.000833. The van der Waals surface area contributed by atoms with Crippen LogP contribution in [0.2, 0.25) is 0 Å². The lowest BCUT2D eigenvalue weighted by molar-refractivity contribution is 0.0739. The Bertz CT molecular complexity index is 606. The summed E-state index contributed by atoms with van der Waals surface area (Å²) in [5.74, 6) is 0.407. The average molecular weight is 258 g/mol. The number of nitrogens with one attached hydrogen (secondary N) is 1. The van der Waals surface area contributed by atoms with E-state index in [-0.39, 0.29) is 11.9 Å². The van der Waals surface area contributed by atoms with Crippen molar-refractivity contribution < 1.29 is 4.79 Å². The standard InChI is InChI=1S/C14H18N4O/c1-9-6-10(7-15)8-18(9)14(19)13-11-4-2-3-5-12(11)16-17-13/h2-5,9-10H,6-8,15H2,1H3,(H,16,17). The third kappa shape index (κ3) is 2.00. The van der Waals surface area contributed by atoms with Crippen LogP contribution in [0.25, 0.3) is 10.9 Å². The number of fused-ring (bicyclic) bond motifs is 1. The predicted molar refractivity (Wildman–Crippen MR) is 73.8 cm³/mol. The Labute approximate surface area is 111 Å². The number of para-hydroxylation sites is 1. The van der Waals surface area contributed by atoms with E-state index in [1.807, 2.05) is 29.2 Å². The molecule has 0 saturated carbocycles. The molecule has 1 amide bonds. The van der Waals surface area contributed by atoms with Gasteiger partial charge in [-0.3, -0.25) is 9.89 Å². The van der Waals surface area contributed by atoms with Crippen molar-refractivity contribution in [1.29, 1.82) is 0 Å². The molecule has 0 aliphatic carbocycles. The number of nitrogens with two attached hydrogens (primary N) is 1. The third-order valence-corrected chi connectivity index (χ3v) is 3.93. The molecule has 5 heteroatoms. The van der Waals surface area contributed by atoms with Gasteiger partial charge in [-0.2, -0.15) is 5.10 Å². The zero-order valence-electron chi connectivity index (χ0n) is 11.0. The second kappa shape index (κ2) is 4.66. The van der Waals surface area contributed by atoms with Crippen molar-refractivity contribution in [2.75, 3.05) is 13.1 Å². The van der Waals surface area contributed by atoms with Crippen molar-refractivity contribution in [3.63, 3.8) is 0 Å². The number of aromatic nitrogens is 2. The van der Waals surface area contributed by atoms with E-state index in [1.165, 1.54) is 0 Å². The molecule has 2 aromatic rings. The minimum Gasteiger partial charge on any atom is -0.334 e. The number of amides is 1. The number of hydrogen-bond acceptors (Lipinski definition) is 3. The summed E-state index contributed by atoms with van der Waals surface area (Å²) in [6.45, 7) is 3.44. The molecule has 3 rings (SSSR count). The largest absolute Gasteiger partial charge is 0.334 e. The van der Waals surface area contributed by atoms with Crippen LogP contribution in [-0.2, 0) is 0 Å². The molecular weight excluding hydrogens is 240 g/mol. The Morgan fingerprint density at radius 1 is 1.53 bits per heavy atom. The van der Waals surface area contributed by atoms with E-state index in [0.717, 1.165) is 23.9 Å². The molecule has 1 saturated heterocycles. The Kier molecular flexibility index (Phi) is 2.98. The van der Waals surface area contributed by atoms with Gasteiger partial charge < -0.3 is 10.6 Å². The maximum Gasteiger partial charge on any atom is 0.275 e. The topological polar surface area (TPSA) is 75.0 Å². The van der Waals surface area contributed by atoms with Gasteiger partial charge in [-0.05, 0) is 31.9 Å². The summed E-state index contributed by atoms with van der Waals surface area (Å²) in [5, 5.41) is 7.97. The Balaban J connectivity index is 1.92. The highest BCUT2D eigenvalue weighted by Crippen LogP contribution is 2.25. The molecule has 3 N–H and O–H groups in total. The first-order valence-corrected chi connectivity index (χ1v) is 6.65. The number of hydrogen-bond donors (Lipinski definition) is 2. The fraction of sp³-hybridized carbons (Fsp3) is 0.429. The van der Waals surface area contributed by atoms with Crippen molar-refractivity contribution in [2.45, 2.75) is 19.4 Å². The normalized spacial score (nSPS) is 23.2. The van der Waals surface area contributed by atoms with Gasteiger partial charge in [0.15, 0.2) is 5.69 Å². The molecule has 0 bridgehead atoms. The van der Waals surface area contributed by atoms with Crippen LogP contribution in [0.5, 0.6) is 0 Å². The first-order valence-electron chi connectivity index (χ1n) is 6.65. The lowest BCUT2D eigenvalue weighted by atomic mass is 10.1. The fourth-order valence-corrected chi connectivity index (χ4v) is 2.86. The second-order valence-electron chi connectivity index (χ2n) is 5.26. The van der Waals surface area contributed by atoms with Crippen molar-refractivity contribution >= 4 is 16.8 Å². The van der Waals surface area contributed by atoms with Gasteiger partial charge in [0.05, 0.1) is 5.52 Å². The van der Waals surface area contributed by atoms with E-state index in [2.05, 4.69) is 17.1 Å². The Morgan fingerprint density at radius 2 is 2.32 bits per heavy atom. The molecule has 2 atom stereocenters. The van der Waals surface area contributed by atoms with Crippen LogP contribution >= 0.6 is 0 Å². The van der Waals surface area contributed by atoms with Crippen LogP contribution in [0, 0.1) is 5.92 Å². The van der Waals surface area contributed by atoms with Gasteiger partial charge in [0.2, 0.25) is 0 Å². The highest BCUT2D eigenvalue weighted by Gasteiger charge is 2.33. The lowest BCUT2D eigenvalue weighted by Gasteiger charge is -2.20. The first kappa shape index (κ1) is 12.2. The van der Waals surface area contributed by atoms with Crippen LogP contribution in [-0.4, -0.2) is 40.1 Å². The van der Waals surface area contributed by atoms with Gasteiger partial charge in [-0.15, -0.1) is 0 Å². The maximum atomic E-state index is 12.6. The molecule has 2 heterocycles. The quantitative estimate of drug-likeness (QED) is 0.854. The van der Waals surface area contributed by atoms with Crippen LogP contribution < -0.4 is 5.73 Å². The molecular formula is C14H18N4O. The van der Waals surface area contributed by atoms with Gasteiger partial charge in [0.1, 0.15) is 0 Å². The van der Waals surface area contributed by atoms with Crippen LogP contribution in [0.3, 0.4) is 0 Å². The number of carbonyl (C=O) groups is 1. The van der Waals surface area contributed by atoms with Crippen molar-refractivity contribution in [3.8, 4) is 0 Å². The van der Waals surface area contributed by atoms with E-state index in [1.54, 1.807) is 0 Å². The van der Waals surface area contributed by atoms with Gasteiger partial charge >= 0.3 is 0 Å². The first-order chi connectivity index (χ1) is 9.20. The summed E-state index contributed by atoms with van der Waals surface area (Å²) in [6, 6.07) is 7.93. The van der Waals surface area contributed by atoms with E-state index in [0.29, 0.717) is 18.2 Å². The van der Waals surface area contributed by atoms with E-state index in [4.69, 9.17) is 5.73 Å². The second-order valence-corrected chi connectivity index (χ2v) is 5.26. The number of aromatic amines is 1. The zero-order chi connectivity index (χ0) is 13.4. The van der Waals surface area contributed by atoms with E-state index >= 15 is 0 Å². The van der Waals surface area contributed by atoms with Crippen LogP contribution in [0.4, 0.5) is 0 Å². The van der Waals surface area contributed by atoms with Gasteiger partial charge in [-0.25, -0.2) is 0 Å². The summed E-state index contributed by atoms with van der Waals surface area (Å²) < 4.78 is 0. The monoisotopic (exact) mass is 258 g/mol. The summed E-state index contributed by atoms with van der Waals surface area (Å²) in [6.07, 6.45) is 0.977. The molecule has 5 nitrogen and oxygen atoms in total. The molecule has 1 aliphatic rings. The number of carbonyl (C=O) groups excluding carboxylic acids is 1. The number of likely N-dealkylation sites (tertiary alicyclic amines) is 1. The van der Waals surface area contributed by atoms with Gasteiger partial charge in [-0.1, -0.05) is 18.2 Å². The SMILES string of the molecule is CC1CC(CN)CN1C(=O)c1n[nH]c2ccccc12. The predicted octanol–water partition coefficient (Wildman–Crippen LogP) is 1.37. The Morgan fingerprint density at radius 3 is 3.05 bits per heavy atom. The van der Waals surface area contributed by atoms with Crippen LogP contribution in [0.1, 0.15) is 23.8 Å². The van der Waals surface area contributed by atoms with E-state index in [9.17, 15) is 4.79 Å². The zero-order valence-corrected chi connectivity index (χ0v) is 11.0. The summed E-state index contributed by atoms with van der Waals surface area (Å²) in [5.41, 5.74) is 7.12. The third-order valence-electron chi connectivity index (χ3n) is 3.93. The van der Waals surface area contributed by atoms with Gasteiger partial charge in [0.25, 0.3) is 5.91 Å². The van der Waals surface area contributed by atoms with E-state index < -0.39 is 0 Å². The number of benzene rings is 1. The highest BCUT2D eigenvalue weighted by atomic mass is 16.2. The summed E-state index contributed by atoms with van der Waals surface area (Å²) in [4.78, 5) is 14.5. The number of H-pyrrole nitrogens is 1. The summed E-state index contributed by atoms with van der Waals surface area (Å²) in [7, 11) is 0. The molecule has 1 aromatic carbocycles. The highest BCUT2D eigenvalue weighted by molar-refractivity contribution is 6.04. The fourth-order valence-electron chi connectivity index (χ4n) is 2.86. The minimum atomic E-state index is 0.000833. The smallest absolute Gasteiger partial charge is 0.275 e. The molecule has 1 fully saturated rings. The molecule has 0 radical (unpaired) electrons. The number of rotatable bonds is 2.